The Balaban J connectivity index is 1.72. The monoisotopic (exact) mass is 362 g/mol. The zero-order valence-electron chi connectivity index (χ0n) is 15.1. The maximum absolute atomic E-state index is 13.1. The van der Waals surface area contributed by atoms with E-state index in [0.717, 1.165) is 31.5 Å². The predicted octanol–water partition coefficient (Wildman–Crippen LogP) is 3.88. The first-order valence-corrected chi connectivity index (χ1v) is 9.36. The highest BCUT2D eigenvalue weighted by atomic mass is 16.4. The summed E-state index contributed by atoms with van der Waals surface area (Å²) in [6.45, 7) is 2.17. The van der Waals surface area contributed by atoms with Gasteiger partial charge in [-0.1, -0.05) is 48.9 Å². The summed E-state index contributed by atoms with van der Waals surface area (Å²) in [7, 11) is 0. The minimum Gasteiger partial charge on any atom is -0.439 e. The van der Waals surface area contributed by atoms with Crippen molar-refractivity contribution in [1.29, 1.82) is 0 Å². The fourth-order valence-corrected chi connectivity index (χ4v) is 3.58. The van der Waals surface area contributed by atoms with Gasteiger partial charge in [-0.3, -0.25) is 19.8 Å². The number of piperidine rings is 1. The standard InChI is InChI=1S/C22H22N2O3/c25-19(15-24-13-7-2-8-14-24)23-22-20(16-9-3-1-4-10-16)21(26)17-11-5-6-12-18(17)27-22/h1,3-6,9-12H,2,7-8,13-15H2,(H,23,25). The average Bonchev–Trinajstić information content (AvgIpc) is 2.69. The van der Waals surface area contributed by atoms with Crippen LogP contribution >= 0.6 is 0 Å². The third-order valence-corrected chi connectivity index (χ3v) is 4.93. The van der Waals surface area contributed by atoms with Gasteiger partial charge in [-0.25, -0.2) is 0 Å². The Bertz CT molecular complexity index is 1000. The quantitative estimate of drug-likeness (QED) is 0.765. The number of nitrogens with zero attached hydrogens (tertiary/aromatic N) is 1. The minimum atomic E-state index is -0.160. The summed E-state index contributed by atoms with van der Waals surface area (Å²) in [5.41, 5.74) is 1.44. The second-order valence-corrected chi connectivity index (χ2v) is 6.88. The third kappa shape index (κ3) is 3.78. The Morgan fingerprint density at radius 2 is 1.67 bits per heavy atom. The summed E-state index contributed by atoms with van der Waals surface area (Å²) in [4.78, 5) is 27.8. The van der Waals surface area contributed by atoms with Crippen LogP contribution in [0, 0.1) is 0 Å². The largest absolute Gasteiger partial charge is 0.439 e. The van der Waals surface area contributed by atoms with Crippen molar-refractivity contribution in [3.8, 4) is 11.1 Å². The van der Waals surface area contributed by atoms with E-state index < -0.39 is 0 Å². The van der Waals surface area contributed by atoms with Crippen molar-refractivity contribution in [2.45, 2.75) is 19.3 Å². The lowest BCUT2D eigenvalue weighted by molar-refractivity contribution is -0.117. The van der Waals surface area contributed by atoms with Gasteiger partial charge >= 0.3 is 0 Å². The molecule has 5 heteroatoms. The number of amides is 1. The lowest BCUT2D eigenvalue weighted by Crippen LogP contribution is -2.37. The zero-order valence-corrected chi connectivity index (χ0v) is 15.1. The van der Waals surface area contributed by atoms with E-state index in [1.54, 1.807) is 12.1 Å². The van der Waals surface area contributed by atoms with Gasteiger partial charge in [0.2, 0.25) is 17.2 Å². The van der Waals surface area contributed by atoms with E-state index >= 15 is 0 Å². The van der Waals surface area contributed by atoms with Crippen LogP contribution in [0.15, 0.2) is 63.8 Å². The Morgan fingerprint density at radius 1 is 0.963 bits per heavy atom. The maximum Gasteiger partial charge on any atom is 0.240 e. The van der Waals surface area contributed by atoms with Crippen molar-refractivity contribution in [2.24, 2.45) is 0 Å². The summed E-state index contributed by atoms with van der Waals surface area (Å²) in [6, 6.07) is 16.4. The molecule has 138 valence electrons. The smallest absolute Gasteiger partial charge is 0.240 e. The van der Waals surface area contributed by atoms with Gasteiger partial charge in [0.15, 0.2) is 0 Å². The van der Waals surface area contributed by atoms with E-state index in [2.05, 4.69) is 10.2 Å². The summed E-state index contributed by atoms with van der Waals surface area (Å²) in [6.07, 6.45) is 3.46. The van der Waals surface area contributed by atoms with E-state index in [9.17, 15) is 9.59 Å². The predicted molar refractivity (Wildman–Crippen MR) is 107 cm³/mol. The number of rotatable bonds is 4. The van der Waals surface area contributed by atoms with Crippen LogP contribution < -0.4 is 10.7 Å². The highest BCUT2D eigenvalue weighted by Gasteiger charge is 2.20. The second kappa shape index (κ2) is 7.76. The molecule has 0 spiro atoms. The molecular weight excluding hydrogens is 340 g/mol. The molecule has 1 saturated heterocycles. The number of para-hydroxylation sites is 1. The van der Waals surface area contributed by atoms with Gasteiger partial charge in [0.1, 0.15) is 5.58 Å². The third-order valence-electron chi connectivity index (χ3n) is 4.93. The highest BCUT2D eigenvalue weighted by Crippen LogP contribution is 2.28. The molecule has 0 aliphatic carbocycles. The fraction of sp³-hybridized carbons (Fsp3) is 0.273. The molecule has 1 amide bonds. The summed E-state index contributed by atoms with van der Waals surface area (Å²) < 4.78 is 5.94. The van der Waals surface area contributed by atoms with E-state index in [0.29, 0.717) is 23.1 Å². The van der Waals surface area contributed by atoms with Crippen LogP contribution in [0.1, 0.15) is 19.3 Å². The molecule has 1 aromatic heterocycles. The average molecular weight is 362 g/mol. The van der Waals surface area contributed by atoms with Crippen LogP contribution in [0.3, 0.4) is 0 Å². The fourth-order valence-electron chi connectivity index (χ4n) is 3.58. The molecule has 0 saturated carbocycles. The number of anilines is 1. The SMILES string of the molecule is O=C(CN1CCCCC1)Nc1oc2ccccc2c(=O)c1-c1ccccc1. The number of fused-ring (bicyclic) bond motifs is 1. The lowest BCUT2D eigenvalue weighted by Gasteiger charge is -2.25. The lowest BCUT2D eigenvalue weighted by atomic mass is 10.0. The molecule has 2 heterocycles. The number of nitrogens with one attached hydrogen (secondary N) is 1. The molecule has 0 radical (unpaired) electrons. The first kappa shape index (κ1) is 17.5. The Kier molecular flexibility index (Phi) is 5.03. The first-order chi connectivity index (χ1) is 13.2. The normalized spacial score (nSPS) is 15.0. The van der Waals surface area contributed by atoms with Gasteiger partial charge < -0.3 is 4.42 Å². The number of likely N-dealkylation sites (tertiary alicyclic amines) is 1. The van der Waals surface area contributed by atoms with Crippen LogP contribution in [0.5, 0.6) is 0 Å². The number of hydrogen-bond donors (Lipinski definition) is 1. The van der Waals surface area contributed by atoms with Crippen molar-refractivity contribution in [3.05, 3.63) is 64.8 Å². The van der Waals surface area contributed by atoms with Crippen molar-refractivity contribution in [2.75, 3.05) is 25.0 Å². The van der Waals surface area contributed by atoms with Gasteiger partial charge in [-0.2, -0.15) is 0 Å². The molecule has 1 N–H and O–H groups in total. The van der Waals surface area contributed by atoms with E-state index in [-0.39, 0.29) is 17.2 Å². The van der Waals surface area contributed by atoms with Crippen LogP contribution in [-0.2, 0) is 4.79 Å². The number of hydrogen-bond acceptors (Lipinski definition) is 4. The maximum atomic E-state index is 13.1. The van der Waals surface area contributed by atoms with E-state index in [4.69, 9.17) is 4.42 Å². The van der Waals surface area contributed by atoms with Gasteiger partial charge in [0, 0.05) is 0 Å². The summed E-state index contributed by atoms with van der Waals surface area (Å²) in [5, 5.41) is 3.35. The molecule has 27 heavy (non-hydrogen) atoms. The Morgan fingerprint density at radius 3 is 2.44 bits per heavy atom. The number of carbonyl (C=O) groups is 1. The Hall–Kier alpha value is -2.92. The number of carbonyl (C=O) groups excluding carboxylic acids is 1. The summed E-state index contributed by atoms with van der Waals surface area (Å²) in [5.74, 6) is 0.0550. The van der Waals surface area contributed by atoms with Crippen molar-refractivity contribution in [1.82, 2.24) is 4.90 Å². The van der Waals surface area contributed by atoms with Crippen LogP contribution in [-0.4, -0.2) is 30.4 Å². The molecule has 2 aromatic carbocycles. The topological polar surface area (TPSA) is 62.6 Å². The number of benzene rings is 2. The van der Waals surface area contributed by atoms with E-state index in [1.807, 2.05) is 42.5 Å². The minimum absolute atomic E-state index is 0.142. The molecular formula is C22H22N2O3. The Labute approximate surface area is 157 Å². The molecule has 0 bridgehead atoms. The molecule has 1 aliphatic heterocycles. The highest BCUT2D eigenvalue weighted by molar-refractivity contribution is 5.97. The summed E-state index contributed by atoms with van der Waals surface area (Å²) >= 11 is 0. The van der Waals surface area contributed by atoms with Gasteiger partial charge in [-0.05, 0) is 43.6 Å². The molecule has 4 rings (SSSR count). The molecule has 3 aromatic rings. The van der Waals surface area contributed by atoms with Crippen LogP contribution in [0.2, 0.25) is 0 Å². The van der Waals surface area contributed by atoms with Crippen LogP contribution in [0.25, 0.3) is 22.1 Å². The molecule has 0 unspecified atom stereocenters. The van der Waals surface area contributed by atoms with Gasteiger partial charge in [0.05, 0.1) is 17.5 Å². The van der Waals surface area contributed by atoms with E-state index in [1.165, 1.54) is 6.42 Å². The zero-order chi connectivity index (χ0) is 18.6. The van der Waals surface area contributed by atoms with Gasteiger partial charge in [0.25, 0.3) is 0 Å². The first-order valence-electron chi connectivity index (χ1n) is 9.36. The molecule has 5 nitrogen and oxygen atoms in total. The van der Waals surface area contributed by atoms with Gasteiger partial charge in [-0.15, -0.1) is 0 Å². The second-order valence-electron chi connectivity index (χ2n) is 6.88. The van der Waals surface area contributed by atoms with Crippen molar-refractivity contribution >= 4 is 22.8 Å². The molecule has 1 aliphatic rings. The molecule has 0 atom stereocenters. The van der Waals surface area contributed by atoms with Crippen molar-refractivity contribution in [3.63, 3.8) is 0 Å². The van der Waals surface area contributed by atoms with Crippen LogP contribution in [0.4, 0.5) is 5.88 Å². The van der Waals surface area contributed by atoms with Crippen molar-refractivity contribution < 1.29 is 9.21 Å². The molecule has 1 fully saturated rings.